The van der Waals surface area contributed by atoms with Crippen LogP contribution in [0.2, 0.25) is 0 Å². The van der Waals surface area contributed by atoms with Crippen LogP contribution in [-0.2, 0) is 0 Å². The number of hydrogen-bond donors (Lipinski definition) is 2. The summed E-state index contributed by atoms with van der Waals surface area (Å²) in [4.78, 5) is 1.47. The maximum atomic E-state index is 12.5. The molecule has 1 aliphatic rings. The number of aliphatic hydroxyl groups is 1. The standard InChI is InChI=1S/C11H21F3N2O/c1-9(17)4-7-16(8-11(12,13)14)10-2-5-15-6-3-10/h9-10,15,17H,2-8H2,1H3. The van der Waals surface area contributed by atoms with Gasteiger partial charge < -0.3 is 10.4 Å². The summed E-state index contributed by atoms with van der Waals surface area (Å²) in [5.41, 5.74) is 0. The van der Waals surface area contributed by atoms with Gasteiger partial charge in [0.25, 0.3) is 0 Å². The SMILES string of the molecule is CC(O)CCN(CC(F)(F)F)C1CCNCC1. The van der Waals surface area contributed by atoms with E-state index in [0.29, 0.717) is 13.0 Å². The molecule has 0 aliphatic carbocycles. The van der Waals surface area contributed by atoms with Gasteiger partial charge in [-0.2, -0.15) is 13.2 Å². The number of nitrogens with one attached hydrogen (secondary N) is 1. The molecule has 1 rings (SSSR count). The van der Waals surface area contributed by atoms with Gasteiger partial charge in [-0.15, -0.1) is 0 Å². The van der Waals surface area contributed by atoms with Gasteiger partial charge >= 0.3 is 6.18 Å². The van der Waals surface area contributed by atoms with E-state index < -0.39 is 18.8 Å². The molecule has 1 unspecified atom stereocenters. The normalized spacial score (nSPS) is 20.8. The lowest BCUT2D eigenvalue weighted by Crippen LogP contribution is -2.47. The molecule has 2 N–H and O–H groups in total. The molecule has 0 radical (unpaired) electrons. The topological polar surface area (TPSA) is 35.5 Å². The number of hydrogen-bond acceptors (Lipinski definition) is 3. The molecule has 0 aromatic heterocycles. The summed E-state index contributed by atoms with van der Waals surface area (Å²) in [6.45, 7) is 2.59. The fourth-order valence-electron chi connectivity index (χ4n) is 2.15. The van der Waals surface area contributed by atoms with Gasteiger partial charge in [-0.3, -0.25) is 4.90 Å². The van der Waals surface area contributed by atoms with Crippen molar-refractivity contribution in [2.24, 2.45) is 0 Å². The molecule has 3 nitrogen and oxygen atoms in total. The molecule has 1 fully saturated rings. The van der Waals surface area contributed by atoms with Crippen LogP contribution in [0.15, 0.2) is 0 Å². The van der Waals surface area contributed by atoms with Crippen LogP contribution in [0, 0.1) is 0 Å². The van der Waals surface area contributed by atoms with Crippen molar-refractivity contribution in [3.05, 3.63) is 0 Å². The Hall–Kier alpha value is -0.330. The van der Waals surface area contributed by atoms with E-state index in [0.717, 1.165) is 25.9 Å². The summed E-state index contributed by atoms with van der Waals surface area (Å²) < 4.78 is 37.4. The minimum atomic E-state index is -4.16. The minimum absolute atomic E-state index is 0.0170. The Morgan fingerprint density at radius 1 is 1.35 bits per heavy atom. The Morgan fingerprint density at radius 3 is 2.41 bits per heavy atom. The second kappa shape index (κ2) is 6.56. The summed E-state index contributed by atoms with van der Waals surface area (Å²) in [5, 5.41) is 12.3. The molecule has 0 amide bonds. The van der Waals surface area contributed by atoms with E-state index in [1.165, 1.54) is 4.90 Å². The molecule has 1 atom stereocenters. The van der Waals surface area contributed by atoms with Gasteiger partial charge in [0.2, 0.25) is 0 Å². The van der Waals surface area contributed by atoms with Crippen molar-refractivity contribution >= 4 is 0 Å². The first-order valence-corrected chi connectivity index (χ1v) is 6.08. The van der Waals surface area contributed by atoms with Crippen molar-refractivity contribution in [3.63, 3.8) is 0 Å². The number of rotatable bonds is 5. The first kappa shape index (κ1) is 14.7. The van der Waals surface area contributed by atoms with Crippen molar-refractivity contribution in [2.45, 2.75) is 44.5 Å². The average molecular weight is 254 g/mol. The van der Waals surface area contributed by atoms with Gasteiger partial charge in [0.05, 0.1) is 12.6 Å². The van der Waals surface area contributed by atoms with E-state index in [-0.39, 0.29) is 6.04 Å². The summed E-state index contributed by atoms with van der Waals surface area (Å²) in [6, 6.07) is -0.0170. The van der Waals surface area contributed by atoms with Crippen LogP contribution in [0.25, 0.3) is 0 Å². The van der Waals surface area contributed by atoms with Crippen LogP contribution in [0.1, 0.15) is 26.2 Å². The lowest BCUT2D eigenvalue weighted by Gasteiger charge is -2.35. The molecular weight excluding hydrogens is 233 g/mol. The zero-order chi connectivity index (χ0) is 12.9. The van der Waals surface area contributed by atoms with E-state index >= 15 is 0 Å². The second-order valence-electron chi connectivity index (χ2n) is 4.70. The van der Waals surface area contributed by atoms with E-state index in [9.17, 15) is 18.3 Å². The average Bonchev–Trinajstić information content (AvgIpc) is 2.24. The third kappa shape index (κ3) is 6.24. The Kier molecular flexibility index (Phi) is 5.69. The molecule has 0 saturated carbocycles. The van der Waals surface area contributed by atoms with Crippen molar-refractivity contribution < 1.29 is 18.3 Å². The molecular formula is C11H21F3N2O. The number of aliphatic hydroxyl groups excluding tert-OH is 1. The molecule has 1 saturated heterocycles. The third-order valence-corrected chi connectivity index (χ3v) is 3.04. The van der Waals surface area contributed by atoms with Crippen LogP contribution in [0.3, 0.4) is 0 Å². The predicted molar refractivity (Wildman–Crippen MR) is 59.8 cm³/mol. The van der Waals surface area contributed by atoms with Crippen LogP contribution in [-0.4, -0.2) is 54.5 Å². The fourth-order valence-corrected chi connectivity index (χ4v) is 2.15. The molecule has 1 aliphatic heterocycles. The lowest BCUT2D eigenvalue weighted by atomic mass is 10.0. The van der Waals surface area contributed by atoms with Gasteiger partial charge in [-0.05, 0) is 39.3 Å². The third-order valence-electron chi connectivity index (χ3n) is 3.04. The van der Waals surface area contributed by atoms with E-state index in [2.05, 4.69) is 5.32 Å². The Labute approximate surface area is 100.0 Å². The number of nitrogens with zero attached hydrogens (tertiary/aromatic N) is 1. The largest absolute Gasteiger partial charge is 0.401 e. The zero-order valence-electron chi connectivity index (χ0n) is 10.1. The smallest absolute Gasteiger partial charge is 0.393 e. The summed E-state index contributed by atoms with van der Waals surface area (Å²) in [5.74, 6) is 0. The monoisotopic (exact) mass is 254 g/mol. The lowest BCUT2D eigenvalue weighted by molar-refractivity contribution is -0.152. The molecule has 0 aromatic rings. The van der Waals surface area contributed by atoms with Crippen molar-refractivity contribution in [2.75, 3.05) is 26.2 Å². The molecule has 102 valence electrons. The molecule has 0 aromatic carbocycles. The highest BCUT2D eigenvalue weighted by Gasteiger charge is 2.34. The summed E-state index contributed by atoms with van der Waals surface area (Å²) in [6.07, 6.45) is -2.83. The molecule has 6 heteroatoms. The van der Waals surface area contributed by atoms with Gasteiger partial charge in [0, 0.05) is 12.6 Å². The minimum Gasteiger partial charge on any atom is -0.393 e. The Balaban J connectivity index is 2.50. The van der Waals surface area contributed by atoms with Gasteiger partial charge in [-0.25, -0.2) is 0 Å². The summed E-state index contributed by atoms with van der Waals surface area (Å²) >= 11 is 0. The number of piperidine rings is 1. The molecule has 0 bridgehead atoms. The first-order valence-electron chi connectivity index (χ1n) is 6.08. The fraction of sp³-hybridized carbons (Fsp3) is 1.00. The van der Waals surface area contributed by atoms with Gasteiger partial charge in [-0.1, -0.05) is 0 Å². The highest BCUT2D eigenvalue weighted by molar-refractivity contribution is 4.79. The number of halogens is 3. The van der Waals surface area contributed by atoms with E-state index in [4.69, 9.17) is 0 Å². The first-order chi connectivity index (χ1) is 7.88. The van der Waals surface area contributed by atoms with E-state index in [1.54, 1.807) is 6.92 Å². The Morgan fingerprint density at radius 2 is 1.94 bits per heavy atom. The molecule has 0 spiro atoms. The maximum Gasteiger partial charge on any atom is 0.401 e. The zero-order valence-corrected chi connectivity index (χ0v) is 10.1. The van der Waals surface area contributed by atoms with Crippen molar-refractivity contribution in [3.8, 4) is 0 Å². The molecule has 1 heterocycles. The maximum absolute atomic E-state index is 12.5. The Bertz CT molecular complexity index is 215. The van der Waals surface area contributed by atoms with Crippen LogP contribution >= 0.6 is 0 Å². The number of alkyl halides is 3. The quantitative estimate of drug-likeness (QED) is 0.778. The van der Waals surface area contributed by atoms with Crippen molar-refractivity contribution in [1.82, 2.24) is 10.2 Å². The highest BCUT2D eigenvalue weighted by Crippen LogP contribution is 2.21. The predicted octanol–water partition coefficient (Wildman–Crippen LogP) is 1.37. The van der Waals surface area contributed by atoms with Gasteiger partial charge in [0.15, 0.2) is 0 Å². The van der Waals surface area contributed by atoms with E-state index in [1.807, 2.05) is 0 Å². The molecule has 17 heavy (non-hydrogen) atoms. The summed E-state index contributed by atoms with van der Waals surface area (Å²) in [7, 11) is 0. The van der Waals surface area contributed by atoms with Crippen LogP contribution < -0.4 is 5.32 Å². The van der Waals surface area contributed by atoms with Gasteiger partial charge in [0.1, 0.15) is 0 Å². The van der Waals surface area contributed by atoms with Crippen LogP contribution in [0.5, 0.6) is 0 Å². The van der Waals surface area contributed by atoms with Crippen LogP contribution in [0.4, 0.5) is 13.2 Å². The second-order valence-corrected chi connectivity index (χ2v) is 4.70. The van der Waals surface area contributed by atoms with Crippen molar-refractivity contribution in [1.29, 1.82) is 0 Å². The highest BCUT2D eigenvalue weighted by atomic mass is 19.4.